The normalized spacial score (nSPS) is 12.9. The van der Waals surface area contributed by atoms with Crippen LogP contribution in [0.25, 0.3) is 0 Å². The summed E-state index contributed by atoms with van der Waals surface area (Å²) in [6.45, 7) is 19.1. The Morgan fingerprint density at radius 2 is 0.600 bits per heavy atom. The van der Waals surface area contributed by atoms with Gasteiger partial charge in [-0.1, -0.05) is 68.2 Å². The van der Waals surface area contributed by atoms with E-state index in [0.29, 0.717) is 0 Å². The third-order valence-electron chi connectivity index (χ3n) is 4.20. The van der Waals surface area contributed by atoms with Crippen molar-refractivity contribution in [1.82, 2.24) is 0 Å². The highest BCUT2D eigenvalue weighted by Gasteiger charge is 2.18. The van der Waals surface area contributed by atoms with Crippen LogP contribution in [0.15, 0.2) is 0 Å². The average molecular weight is 283 g/mol. The van der Waals surface area contributed by atoms with Crippen LogP contribution in [-0.4, -0.2) is 0 Å². The van der Waals surface area contributed by atoms with Gasteiger partial charge in [-0.2, -0.15) is 0 Å². The van der Waals surface area contributed by atoms with Gasteiger partial charge in [0.15, 0.2) is 0 Å². The molecule has 0 rings (SSSR count). The number of hydrogen-bond acceptors (Lipinski definition) is 0. The van der Waals surface area contributed by atoms with Crippen molar-refractivity contribution >= 4 is 0 Å². The molecule has 0 heterocycles. The monoisotopic (exact) mass is 282 g/mol. The minimum atomic E-state index is 0.854. The highest BCUT2D eigenvalue weighted by molar-refractivity contribution is 4.69. The molecule has 0 aliphatic heterocycles. The molecule has 0 bridgehead atoms. The average Bonchev–Trinajstić information content (AvgIpc) is 2.22. The van der Waals surface area contributed by atoms with Gasteiger partial charge in [0.1, 0.15) is 0 Å². The van der Waals surface area contributed by atoms with Crippen LogP contribution in [0.2, 0.25) is 0 Å². The Morgan fingerprint density at radius 3 is 0.750 bits per heavy atom. The Labute approximate surface area is 130 Å². The van der Waals surface area contributed by atoms with Crippen LogP contribution in [0.1, 0.15) is 93.9 Å². The van der Waals surface area contributed by atoms with Gasteiger partial charge in [-0.05, 0) is 61.2 Å². The summed E-state index contributed by atoms with van der Waals surface area (Å²) < 4.78 is 0. The van der Waals surface area contributed by atoms with Gasteiger partial charge in [0, 0.05) is 0 Å². The molecule has 0 aromatic heterocycles. The van der Waals surface area contributed by atoms with Gasteiger partial charge < -0.3 is 0 Å². The first-order valence-corrected chi connectivity index (χ1v) is 9.20. The second-order valence-electron chi connectivity index (χ2n) is 8.83. The van der Waals surface area contributed by atoms with Crippen LogP contribution in [0.5, 0.6) is 0 Å². The third-order valence-corrected chi connectivity index (χ3v) is 4.20. The van der Waals surface area contributed by atoms with Crippen LogP contribution in [0, 0.1) is 35.5 Å². The maximum atomic E-state index is 2.38. The van der Waals surface area contributed by atoms with Gasteiger partial charge in [-0.15, -0.1) is 0 Å². The Bertz CT molecular complexity index is 168. The lowest BCUT2D eigenvalue weighted by Crippen LogP contribution is -2.13. The molecule has 0 aliphatic rings. The van der Waals surface area contributed by atoms with Crippen molar-refractivity contribution in [3.05, 3.63) is 0 Å². The lowest BCUT2D eigenvalue weighted by molar-refractivity contribution is 0.262. The lowest BCUT2D eigenvalue weighted by atomic mass is 9.80. The molecular weight excluding hydrogens is 240 g/mol. The summed E-state index contributed by atoms with van der Waals surface area (Å²) in [5.74, 6) is 5.33. The first-order chi connectivity index (χ1) is 9.20. The Kier molecular flexibility index (Phi) is 10.7. The Balaban J connectivity index is 4.35. The van der Waals surface area contributed by atoms with E-state index in [1.165, 1.54) is 38.5 Å². The predicted molar refractivity (Wildman–Crippen MR) is 94.0 cm³/mol. The number of rotatable bonds is 11. The van der Waals surface area contributed by atoms with E-state index in [-0.39, 0.29) is 0 Å². The smallest absolute Gasteiger partial charge is 0.0409 e. The zero-order valence-corrected chi connectivity index (χ0v) is 15.7. The van der Waals surface area contributed by atoms with E-state index in [2.05, 4.69) is 55.4 Å². The van der Waals surface area contributed by atoms with Gasteiger partial charge in [-0.25, -0.2) is 0 Å². The van der Waals surface area contributed by atoms with Crippen LogP contribution < -0.4 is 0 Å². The summed E-state index contributed by atoms with van der Waals surface area (Å²) in [4.78, 5) is 0. The van der Waals surface area contributed by atoms with Crippen molar-refractivity contribution in [3.8, 4) is 0 Å². The molecule has 0 saturated carbocycles. The molecule has 0 saturated heterocycles. The molecule has 0 heteroatoms. The molecule has 0 aromatic carbocycles. The van der Waals surface area contributed by atoms with Crippen LogP contribution in [-0.2, 0) is 0 Å². The summed E-state index contributed by atoms with van der Waals surface area (Å²) in [7, 11) is 0. The van der Waals surface area contributed by atoms with Crippen LogP contribution in [0.4, 0.5) is 0 Å². The summed E-state index contributed by atoms with van der Waals surface area (Å²) in [6.07, 6.45) is 8.62. The van der Waals surface area contributed by atoms with Gasteiger partial charge >= 0.3 is 0 Å². The standard InChI is InChI=1S/C20H42/c1-15(2)11-19(12-16(3)4)9-10-20(13-17(5)6)14-18(7)8/h15-20H,9-14H2,1-8H3. The van der Waals surface area contributed by atoms with Gasteiger partial charge in [0.25, 0.3) is 0 Å². The maximum absolute atomic E-state index is 2.38. The van der Waals surface area contributed by atoms with Crippen molar-refractivity contribution in [2.24, 2.45) is 35.5 Å². The molecule has 20 heavy (non-hydrogen) atoms. The zero-order chi connectivity index (χ0) is 15.7. The summed E-state index contributed by atoms with van der Waals surface area (Å²) in [5, 5.41) is 0. The minimum Gasteiger partial charge on any atom is -0.0628 e. The highest BCUT2D eigenvalue weighted by atomic mass is 14.2. The molecular formula is C20H42. The summed E-state index contributed by atoms with van der Waals surface area (Å²) >= 11 is 0. The fraction of sp³-hybridized carbons (Fsp3) is 1.00. The summed E-state index contributed by atoms with van der Waals surface area (Å²) in [5.41, 5.74) is 0. The van der Waals surface area contributed by atoms with E-state index in [0.717, 1.165) is 35.5 Å². The van der Waals surface area contributed by atoms with E-state index in [1.807, 2.05) is 0 Å². The highest BCUT2D eigenvalue weighted by Crippen LogP contribution is 2.30. The molecule has 0 fully saturated rings. The molecule has 0 aliphatic carbocycles. The fourth-order valence-corrected chi connectivity index (χ4v) is 3.80. The SMILES string of the molecule is CC(C)CC(CCC(CC(C)C)CC(C)C)CC(C)C. The molecule has 0 aromatic rings. The number of hydrogen-bond donors (Lipinski definition) is 0. The largest absolute Gasteiger partial charge is 0.0628 e. The maximum Gasteiger partial charge on any atom is -0.0409 e. The van der Waals surface area contributed by atoms with Crippen LogP contribution >= 0.6 is 0 Å². The molecule has 0 atom stereocenters. The fourth-order valence-electron chi connectivity index (χ4n) is 3.80. The van der Waals surface area contributed by atoms with Crippen molar-refractivity contribution < 1.29 is 0 Å². The van der Waals surface area contributed by atoms with E-state index >= 15 is 0 Å². The van der Waals surface area contributed by atoms with E-state index in [9.17, 15) is 0 Å². The van der Waals surface area contributed by atoms with Crippen molar-refractivity contribution in [2.45, 2.75) is 93.9 Å². The minimum absolute atomic E-state index is 0.854. The quantitative estimate of drug-likeness (QED) is 0.376. The summed E-state index contributed by atoms with van der Waals surface area (Å²) in [6, 6.07) is 0. The second kappa shape index (κ2) is 10.7. The van der Waals surface area contributed by atoms with Crippen molar-refractivity contribution in [1.29, 1.82) is 0 Å². The van der Waals surface area contributed by atoms with Gasteiger partial charge in [-0.3, -0.25) is 0 Å². The molecule has 0 amide bonds. The first kappa shape index (κ1) is 20.0. The van der Waals surface area contributed by atoms with Gasteiger partial charge in [0.05, 0.1) is 0 Å². The van der Waals surface area contributed by atoms with E-state index < -0.39 is 0 Å². The molecule has 0 radical (unpaired) electrons. The molecule has 0 N–H and O–H groups in total. The lowest BCUT2D eigenvalue weighted by Gasteiger charge is -2.26. The molecule has 0 unspecified atom stereocenters. The molecule has 0 spiro atoms. The molecule has 122 valence electrons. The zero-order valence-electron chi connectivity index (χ0n) is 15.7. The van der Waals surface area contributed by atoms with Crippen LogP contribution in [0.3, 0.4) is 0 Å². The van der Waals surface area contributed by atoms with Gasteiger partial charge in [0.2, 0.25) is 0 Å². The van der Waals surface area contributed by atoms with E-state index in [4.69, 9.17) is 0 Å². The van der Waals surface area contributed by atoms with Crippen molar-refractivity contribution in [3.63, 3.8) is 0 Å². The Morgan fingerprint density at radius 1 is 0.400 bits per heavy atom. The predicted octanol–water partition coefficient (Wildman–Crippen LogP) is 7.18. The third kappa shape index (κ3) is 11.8. The van der Waals surface area contributed by atoms with Crippen molar-refractivity contribution in [2.75, 3.05) is 0 Å². The topological polar surface area (TPSA) is 0 Å². The molecule has 0 nitrogen and oxygen atoms in total. The Hall–Kier alpha value is 0. The van der Waals surface area contributed by atoms with E-state index in [1.54, 1.807) is 0 Å². The first-order valence-electron chi connectivity index (χ1n) is 9.20. The second-order valence-corrected chi connectivity index (χ2v) is 8.83.